The highest BCUT2D eigenvalue weighted by molar-refractivity contribution is 7.13. The van der Waals surface area contributed by atoms with Crippen LogP contribution >= 0.6 is 11.3 Å². The van der Waals surface area contributed by atoms with Crippen LogP contribution in [0.4, 0.5) is 5.13 Å². The van der Waals surface area contributed by atoms with Crippen molar-refractivity contribution in [1.82, 2.24) is 25.4 Å². The number of carbonyl (C=O) groups excluding carboxylic acids is 1. The van der Waals surface area contributed by atoms with Gasteiger partial charge in [-0.25, -0.2) is 9.98 Å². The highest BCUT2D eigenvalue weighted by atomic mass is 32.1. The maximum absolute atomic E-state index is 11.9. The van der Waals surface area contributed by atoms with E-state index in [-0.39, 0.29) is 5.91 Å². The second-order valence-electron chi connectivity index (χ2n) is 7.19. The number of guanidine groups is 1. The van der Waals surface area contributed by atoms with Crippen molar-refractivity contribution < 1.29 is 4.79 Å². The number of carbonyl (C=O) groups is 1. The number of anilines is 1. The average molecular weight is 396 g/mol. The highest BCUT2D eigenvalue weighted by Gasteiger charge is 2.22. The molecule has 152 valence electrons. The maximum Gasteiger partial charge on any atom is 0.236 e. The summed E-state index contributed by atoms with van der Waals surface area (Å²) in [7, 11) is 7.60. The van der Waals surface area contributed by atoms with Gasteiger partial charge in [-0.05, 0) is 19.8 Å². The van der Waals surface area contributed by atoms with Gasteiger partial charge in [0.25, 0.3) is 0 Å². The number of hydrogen-bond donors (Lipinski definition) is 2. The molecular formula is C18H33N7OS. The minimum atomic E-state index is 0.164. The Hall–Kier alpha value is -1.87. The Bertz CT molecular complexity index is 621. The van der Waals surface area contributed by atoms with Gasteiger partial charge in [0.15, 0.2) is 11.1 Å². The first-order chi connectivity index (χ1) is 12.9. The molecule has 2 N–H and O–H groups in total. The summed E-state index contributed by atoms with van der Waals surface area (Å²) in [6.07, 6.45) is 2.01. The molecule has 0 radical (unpaired) electrons. The van der Waals surface area contributed by atoms with Crippen LogP contribution in [0.15, 0.2) is 10.4 Å². The topological polar surface area (TPSA) is 76.1 Å². The van der Waals surface area contributed by atoms with Crippen LogP contribution in [0.25, 0.3) is 0 Å². The van der Waals surface area contributed by atoms with Crippen molar-refractivity contribution in [3.8, 4) is 0 Å². The number of likely N-dealkylation sites (tertiary alicyclic amines) is 1. The van der Waals surface area contributed by atoms with Crippen LogP contribution in [-0.2, 0) is 11.3 Å². The fraction of sp³-hybridized carbons (Fsp3) is 0.722. The third-order valence-electron chi connectivity index (χ3n) is 4.45. The molecule has 27 heavy (non-hydrogen) atoms. The number of likely N-dealkylation sites (N-methyl/N-ethyl adjacent to an activating group) is 1. The van der Waals surface area contributed by atoms with Crippen molar-refractivity contribution in [3.63, 3.8) is 0 Å². The Labute approximate surface area is 166 Å². The van der Waals surface area contributed by atoms with E-state index >= 15 is 0 Å². The van der Waals surface area contributed by atoms with Gasteiger partial charge < -0.3 is 20.4 Å². The molecule has 1 aromatic rings. The highest BCUT2D eigenvalue weighted by Crippen LogP contribution is 2.18. The summed E-state index contributed by atoms with van der Waals surface area (Å²) in [5, 5.41) is 9.91. The first-order valence-corrected chi connectivity index (χ1v) is 10.4. The molecule has 2 heterocycles. The second-order valence-corrected chi connectivity index (χ2v) is 8.03. The third kappa shape index (κ3) is 6.99. The summed E-state index contributed by atoms with van der Waals surface area (Å²) >= 11 is 1.63. The molecule has 1 aliphatic heterocycles. The van der Waals surface area contributed by atoms with Gasteiger partial charge in [-0.3, -0.25) is 9.69 Å². The van der Waals surface area contributed by atoms with Crippen molar-refractivity contribution in [2.45, 2.75) is 32.4 Å². The van der Waals surface area contributed by atoms with E-state index in [1.165, 1.54) is 0 Å². The average Bonchev–Trinajstić information content (AvgIpc) is 3.11. The molecular weight excluding hydrogens is 362 g/mol. The Balaban J connectivity index is 1.84. The first-order valence-electron chi connectivity index (χ1n) is 9.48. The predicted octanol–water partition coefficient (Wildman–Crippen LogP) is 0.817. The Morgan fingerprint density at radius 2 is 2.04 bits per heavy atom. The number of aromatic nitrogens is 1. The summed E-state index contributed by atoms with van der Waals surface area (Å²) < 4.78 is 0. The maximum atomic E-state index is 11.9. The summed E-state index contributed by atoms with van der Waals surface area (Å²) in [5.74, 6) is 0.997. The van der Waals surface area contributed by atoms with Gasteiger partial charge in [-0.2, -0.15) is 0 Å². The largest absolute Gasteiger partial charge is 0.357 e. The number of nitrogens with zero attached hydrogens (tertiary/aromatic N) is 5. The van der Waals surface area contributed by atoms with Crippen LogP contribution < -0.4 is 15.5 Å². The molecule has 0 aromatic carbocycles. The van der Waals surface area contributed by atoms with Crippen LogP contribution in [0.1, 0.15) is 25.5 Å². The zero-order chi connectivity index (χ0) is 19.8. The van der Waals surface area contributed by atoms with Crippen molar-refractivity contribution >= 4 is 28.3 Å². The lowest BCUT2D eigenvalue weighted by Crippen LogP contribution is -2.50. The number of piperidine rings is 1. The minimum absolute atomic E-state index is 0.164. The molecule has 1 aliphatic rings. The van der Waals surface area contributed by atoms with E-state index in [9.17, 15) is 4.79 Å². The van der Waals surface area contributed by atoms with Gasteiger partial charge in [-0.15, -0.1) is 11.3 Å². The number of nitrogens with one attached hydrogen (secondary N) is 2. The lowest BCUT2D eigenvalue weighted by atomic mass is 10.1. The number of rotatable bonds is 7. The van der Waals surface area contributed by atoms with Crippen LogP contribution in [-0.4, -0.2) is 87.1 Å². The normalized spacial score (nSPS) is 16.3. The molecule has 1 saturated heterocycles. The van der Waals surface area contributed by atoms with Gasteiger partial charge >= 0.3 is 0 Å². The fourth-order valence-electron chi connectivity index (χ4n) is 2.82. The van der Waals surface area contributed by atoms with E-state index in [1.807, 2.05) is 19.0 Å². The summed E-state index contributed by atoms with van der Waals surface area (Å²) in [4.78, 5) is 27.0. The molecule has 0 spiro atoms. The van der Waals surface area contributed by atoms with Gasteiger partial charge in [0.2, 0.25) is 5.91 Å². The molecule has 0 saturated carbocycles. The second kappa shape index (κ2) is 10.5. The van der Waals surface area contributed by atoms with E-state index in [4.69, 9.17) is 0 Å². The minimum Gasteiger partial charge on any atom is -0.357 e. The lowest BCUT2D eigenvalue weighted by molar-refractivity contribution is -0.130. The Morgan fingerprint density at radius 1 is 1.33 bits per heavy atom. The molecule has 0 bridgehead atoms. The van der Waals surface area contributed by atoms with E-state index < -0.39 is 0 Å². The molecule has 2 rings (SSSR count). The van der Waals surface area contributed by atoms with E-state index in [0.717, 1.165) is 49.3 Å². The van der Waals surface area contributed by atoms with Crippen molar-refractivity contribution in [2.24, 2.45) is 4.99 Å². The van der Waals surface area contributed by atoms with Gasteiger partial charge in [0.1, 0.15) is 0 Å². The number of hydrogen-bond acceptors (Lipinski definition) is 6. The monoisotopic (exact) mass is 395 g/mol. The molecule has 9 heteroatoms. The lowest BCUT2D eigenvalue weighted by Gasteiger charge is -2.33. The smallest absolute Gasteiger partial charge is 0.236 e. The Morgan fingerprint density at radius 3 is 2.59 bits per heavy atom. The standard InChI is InChI=1S/C18H33N7OS/c1-6-19-17(20-11-15-13-27-18(22-15)24(4)5)21-14-7-9-25(10-8-14)12-16(26)23(2)3/h13-14H,6-12H2,1-5H3,(H2,19,20,21). The van der Waals surface area contributed by atoms with Gasteiger partial charge in [0, 0.05) is 59.2 Å². The van der Waals surface area contributed by atoms with Crippen molar-refractivity contribution in [2.75, 3.05) is 59.3 Å². The van der Waals surface area contributed by atoms with Crippen molar-refractivity contribution in [3.05, 3.63) is 11.1 Å². The van der Waals surface area contributed by atoms with Crippen LogP contribution in [0.3, 0.4) is 0 Å². The molecule has 1 amide bonds. The zero-order valence-corrected chi connectivity index (χ0v) is 18.0. The molecule has 1 aromatic heterocycles. The zero-order valence-electron chi connectivity index (χ0n) is 17.2. The molecule has 0 atom stereocenters. The molecule has 0 unspecified atom stereocenters. The van der Waals surface area contributed by atoms with E-state index in [0.29, 0.717) is 19.1 Å². The van der Waals surface area contributed by atoms with Crippen LogP contribution in [0.5, 0.6) is 0 Å². The van der Waals surface area contributed by atoms with E-state index in [2.05, 4.69) is 37.8 Å². The quantitative estimate of drug-likeness (QED) is 0.526. The SMILES string of the molecule is CCNC(=NCc1csc(N(C)C)n1)NC1CCN(CC(=O)N(C)C)CC1. The molecule has 0 aliphatic carbocycles. The van der Waals surface area contributed by atoms with Crippen LogP contribution in [0, 0.1) is 0 Å². The van der Waals surface area contributed by atoms with Crippen molar-refractivity contribution in [1.29, 1.82) is 0 Å². The number of amides is 1. The summed E-state index contributed by atoms with van der Waals surface area (Å²) in [6, 6.07) is 0.376. The predicted molar refractivity (Wildman–Crippen MR) is 113 cm³/mol. The third-order valence-corrected chi connectivity index (χ3v) is 5.51. The number of thiazole rings is 1. The summed E-state index contributed by atoms with van der Waals surface area (Å²) in [5.41, 5.74) is 0.984. The van der Waals surface area contributed by atoms with Gasteiger partial charge in [0.05, 0.1) is 18.8 Å². The molecule has 8 nitrogen and oxygen atoms in total. The first kappa shape index (κ1) is 21.4. The number of aliphatic imine (C=N–C) groups is 1. The fourth-order valence-corrected chi connectivity index (χ4v) is 3.57. The molecule has 1 fully saturated rings. The van der Waals surface area contributed by atoms with Gasteiger partial charge in [-0.1, -0.05) is 0 Å². The summed E-state index contributed by atoms with van der Waals surface area (Å²) in [6.45, 7) is 5.81. The Kier molecular flexibility index (Phi) is 8.30. The van der Waals surface area contributed by atoms with Crippen LogP contribution in [0.2, 0.25) is 0 Å². The van der Waals surface area contributed by atoms with E-state index in [1.54, 1.807) is 30.3 Å².